The lowest BCUT2D eigenvalue weighted by molar-refractivity contribution is 0.405. The number of halogens is 2. The summed E-state index contributed by atoms with van der Waals surface area (Å²) in [5.41, 5.74) is 1.84. The minimum Gasteiger partial charge on any atom is -0.496 e. The standard InChI is InChI=1S/C15H15BrFNO/c1-18-15(10-4-3-5-12(17)8-10)13-7-6-11(16)9-14(13)19-2/h3-9,15,18H,1-2H3. The normalized spacial score (nSPS) is 12.2. The molecular weight excluding hydrogens is 309 g/mol. The van der Waals surface area contributed by atoms with Gasteiger partial charge < -0.3 is 10.1 Å². The number of ether oxygens (including phenoxy) is 1. The van der Waals surface area contributed by atoms with Crippen LogP contribution in [0.2, 0.25) is 0 Å². The monoisotopic (exact) mass is 323 g/mol. The van der Waals surface area contributed by atoms with E-state index in [1.54, 1.807) is 13.2 Å². The van der Waals surface area contributed by atoms with Crippen LogP contribution in [0.4, 0.5) is 4.39 Å². The fraction of sp³-hybridized carbons (Fsp3) is 0.200. The van der Waals surface area contributed by atoms with E-state index < -0.39 is 0 Å². The van der Waals surface area contributed by atoms with Crippen LogP contribution in [0.1, 0.15) is 17.2 Å². The number of rotatable bonds is 4. The molecule has 0 aliphatic heterocycles. The Morgan fingerprint density at radius 1 is 1.21 bits per heavy atom. The minimum atomic E-state index is -0.242. The lowest BCUT2D eigenvalue weighted by atomic mass is 9.98. The molecule has 0 radical (unpaired) electrons. The summed E-state index contributed by atoms with van der Waals surface area (Å²) in [5, 5.41) is 3.19. The predicted molar refractivity (Wildman–Crippen MR) is 78.0 cm³/mol. The first-order valence-electron chi connectivity index (χ1n) is 5.92. The van der Waals surface area contributed by atoms with Gasteiger partial charge in [-0.25, -0.2) is 4.39 Å². The van der Waals surface area contributed by atoms with Crippen LogP contribution in [-0.4, -0.2) is 14.2 Å². The van der Waals surface area contributed by atoms with Gasteiger partial charge in [-0.3, -0.25) is 0 Å². The molecule has 0 saturated heterocycles. The van der Waals surface area contributed by atoms with Crippen molar-refractivity contribution in [2.45, 2.75) is 6.04 Å². The van der Waals surface area contributed by atoms with Crippen LogP contribution in [0, 0.1) is 5.82 Å². The van der Waals surface area contributed by atoms with Crippen molar-refractivity contribution in [3.63, 3.8) is 0 Å². The van der Waals surface area contributed by atoms with E-state index in [0.717, 1.165) is 21.3 Å². The molecule has 2 rings (SSSR count). The summed E-state index contributed by atoms with van der Waals surface area (Å²) >= 11 is 3.42. The van der Waals surface area contributed by atoms with E-state index in [1.807, 2.05) is 31.3 Å². The zero-order chi connectivity index (χ0) is 13.8. The summed E-state index contributed by atoms with van der Waals surface area (Å²) in [6.07, 6.45) is 0. The summed E-state index contributed by atoms with van der Waals surface area (Å²) in [4.78, 5) is 0. The fourth-order valence-electron chi connectivity index (χ4n) is 2.11. The highest BCUT2D eigenvalue weighted by molar-refractivity contribution is 9.10. The quantitative estimate of drug-likeness (QED) is 0.921. The lowest BCUT2D eigenvalue weighted by Gasteiger charge is -2.20. The minimum absolute atomic E-state index is 0.112. The Kier molecular flexibility index (Phi) is 4.56. The van der Waals surface area contributed by atoms with Crippen LogP contribution >= 0.6 is 15.9 Å². The first kappa shape index (κ1) is 14.0. The molecule has 0 aliphatic carbocycles. The van der Waals surface area contributed by atoms with Crippen molar-refractivity contribution in [3.05, 3.63) is 63.9 Å². The third-order valence-corrected chi connectivity index (χ3v) is 3.47. The lowest BCUT2D eigenvalue weighted by Crippen LogP contribution is -2.18. The second-order valence-corrected chi connectivity index (χ2v) is 5.08. The van der Waals surface area contributed by atoms with Gasteiger partial charge in [-0.15, -0.1) is 0 Å². The van der Waals surface area contributed by atoms with E-state index in [9.17, 15) is 4.39 Å². The van der Waals surface area contributed by atoms with Gasteiger partial charge >= 0.3 is 0 Å². The average molecular weight is 324 g/mol. The highest BCUT2D eigenvalue weighted by Crippen LogP contribution is 2.32. The van der Waals surface area contributed by atoms with Gasteiger partial charge in [0.2, 0.25) is 0 Å². The van der Waals surface area contributed by atoms with Crippen molar-refractivity contribution in [2.24, 2.45) is 0 Å². The molecule has 0 aliphatic rings. The maximum absolute atomic E-state index is 13.4. The van der Waals surface area contributed by atoms with Crippen LogP contribution in [-0.2, 0) is 0 Å². The van der Waals surface area contributed by atoms with Crippen LogP contribution in [0.3, 0.4) is 0 Å². The molecule has 1 N–H and O–H groups in total. The SMILES string of the molecule is CNC(c1cccc(F)c1)c1ccc(Br)cc1OC. The number of benzene rings is 2. The number of methoxy groups -OCH3 is 1. The molecule has 0 spiro atoms. The van der Waals surface area contributed by atoms with E-state index in [0.29, 0.717) is 0 Å². The Morgan fingerprint density at radius 3 is 2.63 bits per heavy atom. The van der Waals surface area contributed by atoms with Gasteiger partial charge in [0.15, 0.2) is 0 Å². The molecule has 2 aromatic rings. The molecule has 1 unspecified atom stereocenters. The second-order valence-electron chi connectivity index (χ2n) is 4.16. The molecule has 100 valence electrons. The zero-order valence-corrected chi connectivity index (χ0v) is 12.4. The van der Waals surface area contributed by atoms with Crippen molar-refractivity contribution in [1.82, 2.24) is 5.32 Å². The third kappa shape index (κ3) is 3.14. The van der Waals surface area contributed by atoms with E-state index >= 15 is 0 Å². The first-order valence-corrected chi connectivity index (χ1v) is 6.71. The number of hydrogen-bond donors (Lipinski definition) is 1. The zero-order valence-electron chi connectivity index (χ0n) is 10.8. The van der Waals surface area contributed by atoms with E-state index in [2.05, 4.69) is 21.2 Å². The smallest absolute Gasteiger partial charge is 0.125 e. The summed E-state index contributed by atoms with van der Waals surface area (Å²) in [6, 6.07) is 12.3. The molecule has 1 atom stereocenters. The Labute approximate surface area is 120 Å². The second kappa shape index (κ2) is 6.17. The van der Waals surface area contributed by atoms with Crippen LogP contribution in [0.5, 0.6) is 5.75 Å². The third-order valence-electron chi connectivity index (χ3n) is 2.98. The highest BCUT2D eigenvalue weighted by Gasteiger charge is 2.17. The molecule has 0 heterocycles. The molecule has 0 amide bonds. The van der Waals surface area contributed by atoms with Crippen LogP contribution < -0.4 is 10.1 Å². The van der Waals surface area contributed by atoms with Gasteiger partial charge in [0.1, 0.15) is 11.6 Å². The molecule has 0 saturated carbocycles. The fourth-order valence-corrected chi connectivity index (χ4v) is 2.45. The topological polar surface area (TPSA) is 21.3 Å². The number of hydrogen-bond acceptors (Lipinski definition) is 2. The molecule has 2 nitrogen and oxygen atoms in total. The molecule has 0 bridgehead atoms. The maximum Gasteiger partial charge on any atom is 0.125 e. The molecule has 0 aromatic heterocycles. The Morgan fingerprint density at radius 2 is 2.00 bits per heavy atom. The molecule has 2 aromatic carbocycles. The summed E-state index contributed by atoms with van der Waals surface area (Å²) in [5.74, 6) is 0.520. The Balaban J connectivity index is 2.48. The van der Waals surface area contributed by atoms with Gasteiger partial charge in [-0.1, -0.05) is 34.1 Å². The average Bonchev–Trinajstić information content (AvgIpc) is 2.41. The Hall–Kier alpha value is -1.39. The van der Waals surface area contributed by atoms with Gasteiger partial charge in [0.05, 0.1) is 13.2 Å². The number of nitrogens with one attached hydrogen (secondary N) is 1. The summed E-state index contributed by atoms with van der Waals surface area (Å²) in [6.45, 7) is 0. The predicted octanol–water partition coefficient (Wildman–Crippen LogP) is 3.91. The van der Waals surface area contributed by atoms with Gasteiger partial charge in [0, 0.05) is 10.0 Å². The summed E-state index contributed by atoms with van der Waals surface area (Å²) in [7, 11) is 3.47. The largest absolute Gasteiger partial charge is 0.496 e. The molecular formula is C15H15BrFNO. The van der Waals surface area contributed by atoms with Crippen molar-refractivity contribution in [2.75, 3.05) is 14.2 Å². The van der Waals surface area contributed by atoms with Gasteiger partial charge in [0.25, 0.3) is 0 Å². The molecule has 0 fully saturated rings. The first-order chi connectivity index (χ1) is 9.15. The van der Waals surface area contributed by atoms with E-state index in [4.69, 9.17) is 4.74 Å². The van der Waals surface area contributed by atoms with Gasteiger partial charge in [-0.2, -0.15) is 0 Å². The molecule has 19 heavy (non-hydrogen) atoms. The maximum atomic E-state index is 13.4. The highest BCUT2D eigenvalue weighted by atomic mass is 79.9. The van der Waals surface area contributed by atoms with Crippen LogP contribution in [0.25, 0.3) is 0 Å². The van der Waals surface area contributed by atoms with E-state index in [-0.39, 0.29) is 11.9 Å². The van der Waals surface area contributed by atoms with Crippen molar-refractivity contribution in [3.8, 4) is 5.75 Å². The summed E-state index contributed by atoms with van der Waals surface area (Å²) < 4.78 is 19.7. The van der Waals surface area contributed by atoms with Crippen molar-refractivity contribution in [1.29, 1.82) is 0 Å². The van der Waals surface area contributed by atoms with Crippen LogP contribution in [0.15, 0.2) is 46.9 Å². The van der Waals surface area contributed by atoms with Gasteiger partial charge in [-0.05, 0) is 36.9 Å². The Bertz CT molecular complexity index is 574. The van der Waals surface area contributed by atoms with Crippen molar-refractivity contribution >= 4 is 15.9 Å². The van der Waals surface area contributed by atoms with E-state index in [1.165, 1.54) is 12.1 Å². The molecule has 4 heteroatoms. The van der Waals surface area contributed by atoms with Crippen molar-refractivity contribution < 1.29 is 9.13 Å².